The van der Waals surface area contributed by atoms with Crippen molar-refractivity contribution in [2.45, 2.75) is 63.5 Å². The minimum Gasteiger partial charge on any atom is -0.336 e. The lowest BCUT2D eigenvalue weighted by Gasteiger charge is -2.38. The minimum atomic E-state index is -0.270. The highest BCUT2D eigenvalue weighted by molar-refractivity contribution is 6.16. The van der Waals surface area contributed by atoms with Gasteiger partial charge in [-0.2, -0.15) is 0 Å². The van der Waals surface area contributed by atoms with Gasteiger partial charge in [0.2, 0.25) is 0 Å². The summed E-state index contributed by atoms with van der Waals surface area (Å²) >= 11 is 0. The van der Waals surface area contributed by atoms with E-state index in [4.69, 9.17) is 0 Å². The van der Waals surface area contributed by atoms with E-state index in [2.05, 4.69) is 25.8 Å². The highest BCUT2D eigenvalue weighted by Gasteiger charge is 2.31. The molecule has 2 atom stereocenters. The molecule has 3 aliphatic heterocycles. The third kappa shape index (κ3) is 5.49. The van der Waals surface area contributed by atoms with Gasteiger partial charge in [-0.25, -0.2) is 14.7 Å². The molecule has 1 aromatic carbocycles. The van der Waals surface area contributed by atoms with Gasteiger partial charge in [0.15, 0.2) is 5.82 Å². The number of likely N-dealkylation sites (tertiary alicyclic amines) is 1. The molecule has 2 unspecified atom stereocenters. The van der Waals surface area contributed by atoms with Crippen molar-refractivity contribution in [2.24, 2.45) is 0 Å². The van der Waals surface area contributed by atoms with Gasteiger partial charge in [-0.3, -0.25) is 9.69 Å². The molecular formula is C27H36N6O2. The van der Waals surface area contributed by atoms with E-state index in [1.54, 1.807) is 36.5 Å². The van der Waals surface area contributed by atoms with Crippen molar-refractivity contribution in [1.29, 1.82) is 0 Å². The van der Waals surface area contributed by atoms with Gasteiger partial charge in [-0.15, -0.1) is 0 Å². The third-order valence-corrected chi connectivity index (χ3v) is 7.48. The maximum Gasteiger partial charge on any atom is 0.327 e. The molecule has 0 bridgehead atoms. The lowest BCUT2D eigenvalue weighted by atomic mass is 9.94. The Morgan fingerprint density at radius 2 is 1.94 bits per heavy atom. The summed E-state index contributed by atoms with van der Waals surface area (Å²) in [4.78, 5) is 34.7. The summed E-state index contributed by atoms with van der Waals surface area (Å²) in [6.45, 7) is 3.60. The Hall–Kier alpha value is -2.97. The normalized spacial score (nSPS) is 22.9. The molecule has 186 valence electrons. The number of carbonyl (C=O) groups is 2. The molecule has 8 nitrogen and oxygen atoms in total. The summed E-state index contributed by atoms with van der Waals surface area (Å²) in [6, 6.07) is 11.6. The average molecular weight is 477 g/mol. The minimum absolute atomic E-state index is 0.242. The van der Waals surface area contributed by atoms with Gasteiger partial charge in [0.25, 0.3) is 5.91 Å². The molecule has 2 aromatic rings. The number of benzene rings is 1. The van der Waals surface area contributed by atoms with Crippen molar-refractivity contribution in [3.05, 3.63) is 48.2 Å². The Morgan fingerprint density at radius 1 is 1.06 bits per heavy atom. The van der Waals surface area contributed by atoms with Crippen molar-refractivity contribution in [1.82, 2.24) is 20.5 Å². The number of para-hydroxylation sites is 1. The number of urea groups is 1. The first-order chi connectivity index (χ1) is 17.2. The van der Waals surface area contributed by atoms with Crippen molar-refractivity contribution in [2.75, 3.05) is 36.4 Å². The fourth-order valence-corrected chi connectivity index (χ4v) is 5.68. The first-order valence-electron chi connectivity index (χ1n) is 13.1. The molecular weight excluding hydrogens is 440 g/mol. The quantitative estimate of drug-likeness (QED) is 0.600. The fraction of sp³-hybridized carbons (Fsp3) is 0.519. The number of nitrogens with one attached hydrogen (secondary N) is 3. The number of amides is 3. The Morgan fingerprint density at radius 3 is 2.89 bits per heavy atom. The smallest absolute Gasteiger partial charge is 0.327 e. The third-order valence-electron chi connectivity index (χ3n) is 7.48. The topological polar surface area (TPSA) is 89.6 Å². The zero-order valence-electron chi connectivity index (χ0n) is 20.3. The summed E-state index contributed by atoms with van der Waals surface area (Å²) in [5.74, 6) is 0.187. The average Bonchev–Trinajstić information content (AvgIpc) is 3.21. The van der Waals surface area contributed by atoms with E-state index >= 15 is 0 Å². The van der Waals surface area contributed by atoms with E-state index in [9.17, 15) is 9.59 Å². The lowest BCUT2D eigenvalue weighted by Crippen LogP contribution is -2.48. The van der Waals surface area contributed by atoms with Gasteiger partial charge in [-0.1, -0.05) is 31.4 Å². The Kier molecular flexibility index (Phi) is 7.59. The number of fused-ring (bicyclic) bond motifs is 2. The molecule has 0 saturated carbocycles. The Labute approximate surface area is 207 Å². The summed E-state index contributed by atoms with van der Waals surface area (Å²) in [5, 5.41) is 9.74. The summed E-state index contributed by atoms with van der Waals surface area (Å²) in [5.41, 5.74) is 1.51. The molecule has 3 N–H and O–H groups in total. The van der Waals surface area contributed by atoms with E-state index in [0.717, 1.165) is 19.6 Å². The highest BCUT2D eigenvalue weighted by Crippen LogP contribution is 2.36. The molecule has 2 fully saturated rings. The maximum absolute atomic E-state index is 13.5. The van der Waals surface area contributed by atoms with Crippen LogP contribution in [0.5, 0.6) is 0 Å². The van der Waals surface area contributed by atoms with Gasteiger partial charge >= 0.3 is 6.03 Å². The van der Waals surface area contributed by atoms with Gasteiger partial charge in [0.05, 0.1) is 16.9 Å². The SMILES string of the molecule is O=C1Nc2cccnc2N(C(=O)NCCN2CCCCC2CC2CCCCCN2)c2ccccc21. The first-order valence-corrected chi connectivity index (χ1v) is 13.1. The molecule has 5 rings (SSSR count). The second-order valence-corrected chi connectivity index (χ2v) is 9.83. The van der Waals surface area contributed by atoms with Crippen molar-refractivity contribution >= 4 is 29.1 Å². The van der Waals surface area contributed by atoms with Gasteiger partial charge < -0.3 is 16.0 Å². The Balaban J connectivity index is 1.26. The molecule has 3 amide bonds. The Bertz CT molecular complexity index is 1040. The van der Waals surface area contributed by atoms with Crippen LogP contribution in [0.2, 0.25) is 0 Å². The molecule has 8 heteroatoms. The fourth-order valence-electron chi connectivity index (χ4n) is 5.68. The number of hydrogen-bond acceptors (Lipinski definition) is 5. The molecule has 0 radical (unpaired) electrons. The second kappa shape index (κ2) is 11.2. The molecule has 0 spiro atoms. The van der Waals surface area contributed by atoms with E-state index in [0.29, 0.717) is 41.4 Å². The predicted octanol–water partition coefficient (Wildman–Crippen LogP) is 4.27. The largest absolute Gasteiger partial charge is 0.336 e. The molecule has 4 heterocycles. The summed E-state index contributed by atoms with van der Waals surface area (Å²) in [7, 11) is 0. The number of carbonyl (C=O) groups excluding carboxylic acids is 2. The molecule has 0 aliphatic carbocycles. The van der Waals surface area contributed by atoms with Crippen molar-refractivity contribution < 1.29 is 9.59 Å². The van der Waals surface area contributed by atoms with Crippen LogP contribution in [0.15, 0.2) is 42.6 Å². The van der Waals surface area contributed by atoms with E-state index in [-0.39, 0.29) is 11.9 Å². The van der Waals surface area contributed by atoms with E-state index < -0.39 is 0 Å². The van der Waals surface area contributed by atoms with Crippen LogP contribution in [-0.2, 0) is 0 Å². The maximum atomic E-state index is 13.5. The molecule has 1 aromatic heterocycles. The van der Waals surface area contributed by atoms with Crippen LogP contribution in [0.3, 0.4) is 0 Å². The van der Waals surface area contributed by atoms with Crippen molar-refractivity contribution in [3.63, 3.8) is 0 Å². The van der Waals surface area contributed by atoms with E-state index in [1.165, 1.54) is 56.3 Å². The number of rotatable bonds is 5. The number of aromatic nitrogens is 1. The van der Waals surface area contributed by atoms with Crippen LogP contribution in [0.25, 0.3) is 0 Å². The van der Waals surface area contributed by atoms with Crippen LogP contribution < -0.4 is 20.9 Å². The standard InChI is InChI=1S/C27H36N6O2/c34-26-22-11-3-4-13-24(22)33(25-23(31-26)12-8-15-29-25)27(35)30-16-18-32-17-7-5-10-21(32)19-20-9-2-1-6-14-28-20/h3-4,8,11-13,15,20-21,28H,1-2,5-7,9-10,14,16-19H2,(H,30,35)(H,31,34). The van der Waals surface area contributed by atoms with E-state index in [1.807, 2.05) is 6.07 Å². The summed E-state index contributed by atoms with van der Waals surface area (Å²) < 4.78 is 0. The molecule has 35 heavy (non-hydrogen) atoms. The van der Waals surface area contributed by atoms with Crippen molar-refractivity contribution in [3.8, 4) is 0 Å². The number of nitrogens with zero attached hydrogens (tertiary/aromatic N) is 3. The lowest BCUT2D eigenvalue weighted by molar-refractivity contribution is 0.102. The zero-order valence-corrected chi connectivity index (χ0v) is 20.3. The zero-order chi connectivity index (χ0) is 24.0. The molecule has 2 saturated heterocycles. The van der Waals surface area contributed by atoms with Crippen LogP contribution >= 0.6 is 0 Å². The number of piperidine rings is 1. The van der Waals surface area contributed by atoms with Crippen LogP contribution in [0, 0.1) is 0 Å². The van der Waals surface area contributed by atoms with Crippen LogP contribution in [0.4, 0.5) is 22.0 Å². The van der Waals surface area contributed by atoms with Gasteiger partial charge in [-0.05, 0) is 69.5 Å². The first kappa shape index (κ1) is 23.8. The number of hydrogen-bond donors (Lipinski definition) is 3. The summed E-state index contributed by atoms with van der Waals surface area (Å²) in [6.07, 6.45) is 11.8. The second-order valence-electron chi connectivity index (χ2n) is 9.83. The van der Waals surface area contributed by atoms with Gasteiger partial charge in [0.1, 0.15) is 0 Å². The monoisotopic (exact) mass is 476 g/mol. The van der Waals surface area contributed by atoms with Crippen LogP contribution in [-0.4, -0.2) is 60.1 Å². The highest BCUT2D eigenvalue weighted by atomic mass is 16.2. The molecule has 3 aliphatic rings. The number of anilines is 3. The predicted molar refractivity (Wildman–Crippen MR) is 138 cm³/mol. The van der Waals surface area contributed by atoms with Crippen LogP contribution in [0.1, 0.15) is 61.7 Å². The van der Waals surface area contributed by atoms with Gasteiger partial charge in [0, 0.05) is 31.4 Å². The number of pyridine rings is 1.